The van der Waals surface area contributed by atoms with Gasteiger partial charge in [0, 0.05) is 13.6 Å². The lowest BCUT2D eigenvalue weighted by molar-refractivity contribution is 0.110. The average Bonchev–Trinajstić information content (AvgIpc) is 2.10. The fraction of sp³-hybridized carbons (Fsp3) is 0.700. The molecule has 0 radical (unpaired) electrons. The van der Waals surface area contributed by atoms with Gasteiger partial charge in [-0.15, -0.1) is 0 Å². The molecule has 1 aromatic rings. The Morgan fingerprint density at radius 2 is 2.29 bits per heavy atom. The van der Waals surface area contributed by atoms with Gasteiger partial charge in [0.25, 0.3) is 0 Å². The number of aldehydes is 1. The summed E-state index contributed by atoms with van der Waals surface area (Å²) >= 11 is 0. The molecule has 0 aliphatic rings. The van der Waals surface area contributed by atoms with E-state index >= 15 is 0 Å². The molecule has 4 nitrogen and oxygen atoms in total. The molecule has 1 aromatic heterocycles. The summed E-state index contributed by atoms with van der Waals surface area (Å²) in [6.45, 7) is 5.31. The minimum atomic E-state index is 0.726. The Labute approximate surface area is 84.7 Å². The SMILES string of the molecule is CNc1[nH]n(CCCC(C)C)c1C=O. The van der Waals surface area contributed by atoms with Gasteiger partial charge in [-0.05, 0) is 18.8 Å². The number of hydrogen-bond donors (Lipinski definition) is 2. The molecule has 80 valence electrons. The van der Waals surface area contributed by atoms with Crippen LogP contribution < -0.4 is 5.32 Å². The number of carbonyl (C=O) groups excluding carboxylic acids is 1. The highest BCUT2D eigenvalue weighted by molar-refractivity contribution is 5.80. The van der Waals surface area contributed by atoms with Crippen molar-refractivity contribution in [3.63, 3.8) is 0 Å². The summed E-state index contributed by atoms with van der Waals surface area (Å²) in [5.41, 5.74) is 0.733. The van der Waals surface area contributed by atoms with Crippen LogP contribution in [-0.4, -0.2) is 23.1 Å². The molecule has 0 bridgehead atoms. The zero-order valence-electron chi connectivity index (χ0n) is 9.13. The topological polar surface area (TPSA) is 49.8 Å². The molecule has 0 aliphatic heterocycles. The normalized spacial score (nSPS) is 10.9. The average molecular weight is 197 g/mol. The van der Waals surface area contributed by atoms with Crippen LogP contribution >= 0.6 is 0 Å². The molecule has 0 spiro atoms. The van der Waals surface area contributed by atoms with Gasteiger partial charge in [0.1, 0.15) is 11.5 Å². The van der Waals surface area contributed by atoms with E-state index in [4.69, 9.17) is 0 Å². The number of aromatic nitrogens is 2. The molecule has 0 aromatic carbocycles. The third-order valence-electron chi connectivity index (χ3n) is 2.32. The van der Waals surface area contributed by atoms with E-state index in [1.807, 2.05) is 4.68 Å². The van der Waals surface area contributed by atoms with Crippen molar-refractivity contribution in [1.82, 2.24) is 9.78 Å². The molecule has 0 fully saturated rings. The predicted molar refractivity (Wildman–Crippen MR) is 57.8 cm³/mol. The molecule has 1 heterocycles. The largest absolute Gasteiger partial charge is 0.372 e. The van der Waals surface area contributed by atoms with Crippen LogP contribution in [0.25, 0.3) is 0 Å². The summed E-state index contributed by atoms with van der Waals surface area (Å²) < 4.78 is 1.89. The number of aryl methyl sites for hydroxylation is 1. The number of nitrogens with zero attached hydrogens (tertiary/aromatic N) is 1. The molecule has 2 N–H and O–H groups in total. The van der Waals surface area contributed by atoms with Crippen LogP contribution in [0.15, 0.2) is 0 Å². The minimum absolute atomic E-state index is 0.726. The molecule has 0 saturated carbocycles. The number of aromatic amines is 1. The Morgan fingerprint density at radius 3 is 2.79 bits per heavy atom. The van der Waals surface area contributed by atoms with Gasteiger partial charge in [0.2, 0.25) is 0 Å². The number of H-pyrrole nitrogens is 1. The maximum absolute atomic E-state index is 10.7. The second-order valence-corrected chi connectivity index (χ2v) is 3.93. The van der Waals surface area contributed by atoms with Gasteiger partial charge in [-0.2, -0.15) is 0 Å². The fourth-order valence-electron chi connectivity index (χ4n) is 1.47. The van der Waals surface area contributed by atoms with Gasteiger partial charge in [-0.1, -0.05) is 13.8 Å². The van der Waals surface area contributed by atoms with Crippen molar-refractivity contribution in [2.45, 2.75) is 33.2 Å². The summed E-state index contributed by atoms with van der Waals surface area (Å²) in [6.07, 6.45) is 3.19. The number of rotatable bonds is 6. The standard InChI is InChI=1S/C10H19N3O/c1-8(2)5-4-6-13-9(7-14)10(11-3)12-13/h7-8,11-12H,4-6H2,1-3H3. The van der Waals surface area contributed by atoms with E-state index in [2.05, 4.69) is 24.3 Å². The number of carbonyl (C=O) groups is 1. The van der Waals surface area contributed by atoms with Gasteiger partial charge < -0.3 is 5.32 Å². The molecule has 0 unspecified atom stereocenters. The highest BCUT2D eigenvalue weighted by atomic mass is 16.1. The minimum Gasteiger partial charge on any atom is -0.372 e. The zero-order valence-corrected chi connectivity index (χ0v) is 9.13. The summed E-state index contributed by atoms with van der Waals surface area (Å²) in [4.78, 5) is 10.7. The molecule has 1 rings (SSSR count). The van der Waals surface area contributed by atoms with Crippen LogP contribution in [0.1, 0.15) is 37.2 Å². The summed E-state index contributed by atoms with van der Waals surface area (Å²) in [6, 6.07) is 0. The second kappa shape index (κ2) is 4.88. The van der Waals surface area contributed by atoms with Crippen LogP contribution in [-0.2, 0) is 6.54 Å². The van der Waals surface area contributed by atoms with E-state index in [0.717, 1.165) is 36.7 Å². The highest BCUT2D eigenvalue weighted by Crippen LogP contribution is 2.14. The van der Waals surface area contributed by atoms with Gasteiger partial charge >= 0.3 is 0 Å². The van der Waals surface area contributed by atoms with Gasteiger partial charge in [-0.25, -0.2) is 0 Å². The van der Waals surface area contributed by atoms with Crippen molar-refractivity contribution in [3.05, 3.63) is 5.69 Å². The van der Waals surface area contributed by atoms with E-state index in [9.17, 15) is 4.79 Å². The Kier molecular flexibility index (Phi) is 3.80. The Hall–Kier alpha value is -1.19. The highest BCUT2D eigenvalue weighted by Gasteiger charge is 2.10. The molecular formula is C10H19N3O. The van der Waals surface area contributed by atoms with Crippen molar-refractivity contribution >= 4 is 12.1 Å². The van der Waals surface area contributed by atoms with E-state index in [1.54, 1.807) is 7.05 Å². The molecule has 0 amide bonds. The molecule has 0 aliphatic carbocycles. The lowest BCUT2D eigenvalue weighted by Gasteiger charge is -2.19. The Balaban J connectivity index is 2.40. The van der Waals surface area contributed by atoms with Crippen molar-refractivity contribution in [2.24, 2.45) is 5.92 Å². The molecule has 4 heteroatoms. The summed E-state index contributed by atoms with van der Waals surface area (Å²) in [5, 5.41) is 6.00. The van der Waals surface area contributed by atoms with Gasteiger partial charge in [0.05, 0.1) is 0 Å². The van der Waals surface area contributed by atoms with Crippen LogP contribution in [0.5, 0.6) is 0 Å². The van der Waals surface area contributed by atoms with Gasteiger partial charge in [-0.3, -0.25) is 14.6 Å². The first-order valence-corrected chi connectivity index (χ1v) is 5.10. The quantitative estimate of drug-likeness (QED) is 0.686. The van der Waals surface area contributed by atoms with Crippen molar-refractivity contribution in [1.29, 1.82) is 0 Å². The maximum atomic E-state index is 10.7. The van der Waals surface area contributed by atoms with Gasteiger partial charge in [0.15, 0.2) is 6.29 Å². The number of anilines is 1. The number of hydrogen-bond acceptors (Lipinski definition) is 2. The number of nitrogens with one attached hydrogen (secondary N) is 2. The molecule has 0 atom stereocenters. The van der Waals surface area contributed by atoms with Crippen LogP contribution in [0.3, 0.4) is 0 Å². The Bertz CT molecular complexity index is 286. The van der Waals surface area contributed by atoms with Crippen LogP contribution in [0.4, 0.5) is 5.82 Å². The smallest absolute Gasteiger partial charge is 0.171 e. The van der Waals surface area contributed by atoms with Crippen molar-refractivity contribution < 1.29 is 4.79 Å². The first-order valence-electron chi connectivity index (χ1n) is 5.10. The lowest BCUT2D eigenvalue weighted by Crippen LogP contribution is -2.20. The van der Waals surface area contributed by atoms with Crippen molar-refractivity contribution in [3.8, 4) is 0 Å². The van der Waals surface area contributed by atoms with E-state index in [0.29, 0.717) is 0 Å². The van der Waals surface area contributed by atoms with E-state index < -0.39 is 0 Å². The maximum Gasteiger partial charge on any atom is 0.171 e. The van der Waals surface area contributed by atoms with Crippen LogP contribution in [0, 0.1) is 5.92 Å². The third kappa shape index (κ3) is 2.40. The zero-order chi connectivity index (χ0) is 10.6. The van der Waals surface area contributed by atoms with E-state index in [1.165, 1.54) is 6.42 Å². The molecule has 14 heavy (non-hydrogen) atoms. The van der Waals surface area contributed by atoms with E-state index in [-0.39, 0.29) is 0 Å². The van der Waals surface area contributed by atoms with Crippen LogP contribution in [0.2, 0.25) is 0 Å². The third-order valence-corrected chi connectivity index (χ3v) is 2.32. The lowest BCUT2D eigenvalue weighted by atomic mass is 10.1. The molecular weight excluding hydrogens is 178 g/mol. The summed E-state index contributed by atoms with van der Waals surface area (Å²) in [5.74, 6) is 1.55. The first kappa shape index (κ1) is 10.9. The molecule has 0 saturated heterocycles. The second-order valence-electron chi connectivity index (χ2n) is 3.93. The predicted octanol–water partition coefficient (Wildman–Crippen LogP) is 2.11. The first-order chi connectivity index (χ1) is 6.69. The fourth-order valence-corrected chi connectivity index (χ4v) is 1.47. The monoisotopic (exact) mass is 197 g/mol. The van der Waals surface area contributed by atoms with Crippen molar-refractivity contribution in [2.75, 3.05) is 12.4 Å². The Morgan fingerprint density at radius 1 is 1.57 bits per heavy atom. The summed E-state index contributed by atoms with van der Waals surface area (Å²) in [7, 11) is 1.80.